The number of likely N-dealkylation sites (tertiary alicyclic amines) is 1. The van der Waals surface area contributed by atoms with E-state index < -0.39 is 10.0 Å². The summed E-state index contributed by atoms with van der Waals surface area (Å²) in [4.78, 5) is 15.1. The van der Waals surface area contributed by atoms with Gasteiger partial charge in [0.05, 0.1) is 17.1 Å². The summed E-state index contributed by atoms with van der Waals surface area (Å²) in [6.45, 7) is 2.96. The molecule has 0 aromatic heterocycles. The van der Waals surface area contributed by atoms with Crippen LogP contribution in [0.4, 0.5) is 5.69 Å². The Morgan fingerprint density at radius 2 is 1.62 bits per heavy atom. The maximum Gasteiger partial charge on any atom is 0.264 e. The molecule has 1 aliphatic rings. The van der Waals surface area contributed by atoms with E-state index in [0.29, 0.717) is 17.8 Å². The van der Waals surface area contributed by atoms with Crippen LogP contribution in [0.2, 0.25) is 0 Å². The predicted octanol–water partition coefficient (Wildman–Crippen LogP) is 5.10. The second-order valence-corrected chi connectivity index (χ2v) is 10.1. The van der Waals surface area contributed by atoms with Crippen molar-refractivity contribution in [1.82, 2.24) is 4.90 Å². The lowest BCUT2D eigenvalue weighted by molar-refractivity contribution is 0.0635. The van der Waals surface area contributed by atoms with E-state index in [1.54, 1.807) is 30.3 Å². The number of carbonyl (C=O) groups is 1. The first kappa shape index (κ1) is 22.1. The number of benzene rings is 3. The first-order chi connectivity index (χ1) is 15.5. The standard InChI is InChI=1S/C26H28N2O3S/c1-21-11-8-9-18-27(21)26(29)23-14-10-17-25(19-23)32(30,31)28(24-15-6-3-7-16-24)20-22-12-4-2-5-13-22/h2-7,10,12-17,19,21H,8-9,11,18,20H2,1H3. The number of para-hydroxylation sites is 1. The molecule has 1 amide bonds. The average Bonchev–Trinajstić information content (AvgIpc) is 2.83. The first-order valence-corrected chi connectivity index (χ1v) is 12.4. The molecule has 0 bridgehead atoms. The number of nitrogens with zero attached hydrogens (tertiary/aromatic N) is 2. The maximum atomic E-state index is 13.8. The predicted molar refractivity (Wildman–Crippen MR) is 127 cm³/mol. The molecular formula is C26H28N2O3S. The summed E-state index contributed by atoms with van der Waals surface area (Å²) in [5.74, 6) is -0.108. The number of piperidine rings is 1. The molecule has 32 heavy (non-hydrogen) atoms. The van der Waals surface area contributed by atoms with Crippen molar-refractivity contribution < 1.29 is 13.2 Å². The lowest BCUT2D eigenvalue weighted by atomic mass is 10.0. The Balaban J connectivity index is 1.70. The average molecular weight is 449 g/mol. The number of sulfonamides is 1. The van der Waals surface area contributed by atoms with E-state index in [9.17, 15) is 13.2 Å². The van der Waals surface area contributed by atoms with E-state index in [4.69, 9.17) is 0 Å². The zero-order valence-electron chi connectivity index (χ0n) is 18.2. The van der Waals surface area contributed by atoms with Crippen molar-refractivity contribution in [2.75, 3.05) is 10.8 Å². The highest BCUT2D eigenvalue weighted by atomic mass is 32.2. The lowest BCUT2D eigenvalue weighted by Gasteiger charge is -2.33. The topological polar surface area (TPSA) is 57.7 Å². The summed E-state index contributed by atoms with van der Waals surface area (Å²) >= 11 is 0. The van der Waals surface area contributed by atoms with Crippen LogP contribution in [0.1, 0.15) is 42.1 Å². The van der Waals surface area contributed by atoms with Gasteiger partial charge in [-0.05, 0) is 62.1 Å². The van der Waals surface area contributed by atoms with Gasteiger partial charge in [0, 0.05) is 18.2 Å². The van der Waals surface area contributed by atoms with E-state index in [-0.39, 0.29) is 23.4 Å². The van der Waals surface area contributed by atoms with Gasteiger partial charge in [-0.3, -0.25) is 9.10 Å². The van der Waals surface area contributed by atoms with Gasteiger partial charge in [0.25, 0.3) is 15.9 Å². The minimum absolute atomic E-state index is 0.108. The van der Waals surface area contributed by atoms with Crippen LogP contribution in [0, 0.1) is 0 Å². The fourth-order valence-corrected chi connectivity index (χ4v) is 5.64. The fourth-order valence-electron chi connectivity index (χ4n) is 4.14. The summed E-state index contributed by atoms with van der Waals surface area (Å²) in [6.07, 6.45) is 3.07. The van der Waals surface area contributed by atoms with Crippen LogP contribution < -0.4 is 4.31 Å². The Kier molecular flexibility index (Phi) is 6.61. The number of anilines is 1. The summed E-state index contributed by atoms with van der Waals surface area (Å²) in [5.41, 5.74) is 1.87. The molecular weight excluding hydrogens is 420 g/mol. The highest BCUT2D eigenvalue weighted by Gasteiger charge is 2.28. The zero-order valence-corrected chi connectivity index (χ0v) is 19.0. The van der Waals surface area contributed by atoms with Crippen molar-refractivity contribution in [2.24, 2.45) is 0 Å². The molecule has 1 heterocycles. The van der Waals surface area contributed by atoms with Gasteiger partial charge in [0.2, 0.25) is 0 Å². The highest BCUT2D eigenvalue weighted by molar-refractivity contribution is 7.92. The maximum absolute atomic E-state index is 13.8. The van der Waals surface area contributed by atoms with Gasteiger partial charge in [0.15, 0.2) is 0 Å². The van der Waals surface area contributed by atoms with Crippen molar-refractivity contribution in [2.45, 2.75) is 43.7 Å². The van der Waals surface area contributed by atoms with Crippen LogP contribution in [0.5, 0.6) is 0 Å². The molecule has 0 radical (unpaired) electrons. The summed E-state index contributed by atoms with van der Waals surface area (Å²) in [7, 11) is -3.89. The van der Waals surface area contributed by atoms with Crippen LogP contribution in [-0.2, 0) is 16.6 Å². The molecule has 0 spiro atoms. The fraction of sp³-hybridized carbons (Fsp3) is 0.269. The molecule has 6 heteroatoms. The quantitative estimate of drug-likeness (QED) is 0.527. The third kappa shape index (κ3) is 4.70. The molecule has 1 fully saturated rings. The monoisotopic (exact) mass is 448 g/mol. The van der Waals surface area contributed by atoms with Crippen molar-refractivity contribution in [3.8, 4) is 0 Å². The molecule has 1 unspecified atom stereocenters. The Labute approximate surface area is 190 Å². The van der Waals surface area contributed by atoms with Crippen molar-refractivity contribution in [3.63, 3.8) is 0 Å². The summed E-state index contributed by atoms with van der Waals surface area (Å²) in [5, 5.41) is 0. The van der Waals surface area contributed by atoms with Crippen LogP contribution in [-0.4, -0.2) is 31.8 Å². The Bertz CT molecular complexity index is 1160. The van der Waals surface area contributed by atoms with Crippen molar-refractivity contribution >= 4 is 21.6 Å². The van der Waals surface area contributed by atoms with E-state index in [0.717, 1.165) is 24.8 Å². The van der Waals surface area contributed by atoms with Crippen LogP contribution in [0.15, 0.2) is 89.8 Å². The molecule has 3 aromatic rings. The number of hydrogen-bond donors (Lipinski definition) is 0. The van der Waals surface area contributed by atoms with Crippen LogP contribution in [0.25, 0.3) is 0 Å². The third-order valence-corrected chi connectivity index (χ3v) is 7.72. The van der Waals surface area contributed by atoms with E-state index in [1.807, 2.05) is 53.4 Å². The van der Waals surface area contributed by atoms with Gasteiger partial charge in [-0.2, -0.15) is 0 Å². The third-order valence-electron chi connectivity index (χ3n) is 5.95. The Morgan fingerprint density at radius 1 is 0.938 bits per heavy atom. The molecule has 3 aromatic carbocycles. The summed E-state index contributed by atoms with van der Waals surface area (Å²) in [6, 6.07) is 25.2. The van der Waals surface area contributed by atoms with Crippen LogP contribution in [0.3, 0.4) is 0 Å². The van der Waals surface area contributed by atoms with Gasteiger partial charge in [0.1, 0.15) is 0 Å². The van der Waals surface area contributed by atoms with Gasteiger partial charge in [-0.15, -0.1) is 0 Å². The van der Waals surface area contributed by atoms with E-state index in [1.165, 1.54) is 10.4 Å². The molecule has 0 aliphatic carbocycles. The SMILES string of the molecule is CC1CCCCN1C(=O)c1cccc(S(=O)(=O)N(Cc2ccccc2)c2ccccc2)c1. The minimum Gasteiger partial charge on any atom is -0.336 e. The van der Waals surface area contributed by atoms with Crippen molar-refractivity contribution in [3.05, 3.63) is 96.1 Å². The number of carbonyl (C=O) groups excluding carboxylic acids is 1. The van der Waals surface area contributed by atoms with E-state index >= 15 is 0 Å². The lowest BCUT2D eigenvalue weighted by Crippen LogP contribution is -2.42. The van der Waals surface area contributed by atoms with Crippen molar-refractivity contribution in [1.29, 1.82) is 0 Å². The van der Waals surface area contributed by atoms with Gasteiger partial charge < -0.3 is 4.90 Å². The number of hydrogen-bond acceptors (Lipinski definition) is 3. The second kappa shape index (κ2) is 9.57. The largest absolute Gasteiger partial charge is 0.336 e. The van der Waals surface area contributed by atoms with Gasteiger partial charge in [-0.25, -0.2) is 8.42 Å². The molecule has 1 saturated heterocycles. The Morgan fingerprint density at radius 3 is 2.31 bits per heavy atom. The van der Waals surface area contributed by atoms with E-state index in [2.05, 4.69) is 6.92 Å². The molecule has 0 saturated carbocycles. The van der Waals surface area contributed by atoms with Gasteiger partial charge in [-0.1, -0.05) is 54.6 Å². The number of amides is 1. The molecule has 5 nitrogen and oxygen atoms in total. The minimum atomic E-state index is -3.89. The summed E-state index contributed by atoms with van der Waals surface area (Å²) < 4.78 is 28.9. The molecule has 1 atom stereocenters. The first-order valence-electron chi connectivity index (χ1n) is 11.0. The van der Waals surface area contributed by atoms with Crippen LogP contribution >= 0.6 is 0 Å². The molecule has 166 valence electrons. The second-order valence-electron chi connectivity index (χ2n) is 8.20. The Hall–Kier alpha value is -3.12. The highest BCUT2D eigenvalue weighted by Crippen LogP contribution is 2.27. The normalized spacial score (nSPS) is 16.5. The number of rotatable bonds is 6. The smallest absolute Gasteiger partial charge is 0.264 e. The van der Waals surface area contributed by atoms with Gasteiger partial charge >= 0.3 is 0 Å². The molecule has 0 N–H and O–H groups in total. The molecule has 1 aliphatic heterocycles. The zero-order chi connectivity index (χ0) is 22.6. The molecule has 4 rings (SSSR count).